The molecule has 4 heteroatoms. The number of hydrogen-bond acceptors (Lipinski definition) is 3. The topological polar surface area (TPSA) is 64.7 Å². The van der Waals surface area contributed by atoms with E-state index in [1.165, 1.54) is 0 Å². The van der Waals surface area contributed by atoms with Crippen LogP contribution in [0, 0.1) is 5.92 Å². The van der Waals surface area contributed by atoms with Gasteiger partial charge in [-0.15, -0.1) is 0 Å². The van der Waals surface area contributed by atoms with Crippen molar-refractivity contribution in [2.75, 3.05) is 0 Å². The smallest absolute Gasteiger partial charge is 0.294 e. The van der Waals surface area contributed by atoms with E-state index in [1.54, 1.807) is 0 Å². The zero-order valence-electron chi connectivity index (χ0n) is 7.75. The van der Waals surface area contributed by atoms with Crippen LogP contribution in [-0.2, 0) is 9.53 Å². The number of amidine groups is 1. The number of nitrogens with zero attached hydrogens (tertiary/aromatic N) is 1. The highest BCUT2D eigenvalue weighted by Gasteiger charge is 2.47. The van der Waals surface area contributed by atoms with Crippen molar-refractivity contribution in [1.29, 1.82) is 0 Å². The van der Waals surface area contributed by atoms with E-state index in [-0.39, 0.29) is 11.9 Å². The SMILES string of the molecule is CC1CCC2(CC1)OC(N)=NC2=O. The molecule has 1 heterocycles. The second-order valence-electron chi connectivity index (χ2n) is 4.03. The van der Waals surface area contributed by atoms with Gasteiger partial charge in [-0.25, -0.2) is 0 Å². The van der Waals surface area contributed by atoms with Crippen LogP contribution >= 0.6 is 0 Å². The minimum absolute atomic E-state index is 0.0413. The molecule has 0 saturated heterocycles. The largest absolute Gasteiger partial charge is 0.448 e. The molecule has 1 amide bonds. The Kier molecular flexibility index (Phi) is 1.78. The number of ether oxygens (including phenoxy) is 1. The summed E-state index contributed by atoms with van der Waals surface area (Å²) in [6.45, 7) is 2.19. The molecule has 0 aromatic rings. The van der Waals surface area contributed by atoms with Crippen LogP contribution < -0.4 is 5.73 Å². The Labute approximate surface area is 77.2 Å². The molecule has 2 aliphatic rings. The summed E-state index contributed by atoms with van der Waals surface area (Å²) in [5.74, 6) is 0.501. The fraction of sp³-hybridized carbons (Fsp3) is 0.778. The number of nitrogens with two attached hydrogens (primary N) is 1. The predicted molar refractivity (Wildman–Crippen MR) is 48.1 cm³/mol. The molecular weight excluding hydrogens is 168 g/mol. The third-order valence-electron chi connectivity index (χ3n) is 2.98. The molecule has 0 radical (unpaired) electrons. The average Bonchev–Trinajstić information content (AvgIpc) is 2.34. The van der Waals surface area contributed by atoms with Crippen LogP contribution in [0.25, 0.3) is 0 Å². The summed E-state index contributed by atoms with van der Waals surface area (Å²) in [6, 6.07) is 0.0413. The van der Waals surface area contributed by atoms with Gasteiger partial charge >= 0.3 is 0 Å². The summed E-state index contributed by atoms with van der Waals surface area (Å²) in [7, 11) is 0. The molecule has 2 rings (SSSR count). The average molecular weight is 182 g/mol. The van der Waals surface area contributed by atoms with E-state index < -0.39 is 5.60 Å². The Morgan fingerprint density at radius 2 is 2.15 bits per heavy atom. The molecule has 1 aliphatic carbocycles. The van der Waals surface area contributed by atoms with Gasteiger partial charge in [-0.3, -0.25) is 4.79 Å². The molecule has 13 heavy (non-hydrogen) atoms. The Balaban J connectivity index is 2.12. The van der Waals surface area contributed by atoms with E-state index in [4.69, 9.17) is 10.5 Å². The summed E-state index contributed by atoms with van der Waals surface area (Å²) < 4.78 is 5.33. The first-order chi connectivity index (χ1) is 6.12. The van der Waals surface area contributed by atoms with Crippen LogP contribution in [0.15, 0.2) is 4.99 Å². The summed E-state index contributed by atoms with van der Waals surface area (Å²) in [5, 5.41) is 0. The number of hydrogen-bond donors (Lipinski definition) is 1. The number of rotatable bonds is 0. The van der Waals surface area contributed by atoms with Gasteiger partial charge in [0, 0.05) is 0 Å². The minimum atomic E-state index is -0.684. The van der Waals surface area contributed by atoms with Crippen LogP contribution in [0.3, 0.4) is 0 Å². The van der Waals surface area contributed by atoms with Gasteiger partial charge in [0.05, 0.1) is 0 Å². The molecule has 1 fully saturated rings. The zero-order valence-corrected chi connectivity index (χ0v) is 7.75. The first-order valence-electron chi connectivity index (χ1n) is 4.70. The molecule has 0 aromatic carbocycles. The van der Waals surface area contributed by atoms with Crippen molar-refractivity contribution < 1.29 is 9.53 Å². The zero-order chi connectivity index (χ0) is 9.47. The van der Waals surface area contributed by atoms with Gasteiger partial charge in [-0.1, -0.05) is 6.92 Å². The summed E-state index contributed by atoms with van der Waals surface area (Å²) in [6.07, 6.45) is 3.57. The van der Waals surface area contributed by atoms with Crippen molar-refractivity contribution in [3.05, 3.63) is 0 Å². The maximum absolute atomic E-state index is 11.5. The Hall–Kier alpha value is -1.06. The molecule has 72 valence electrons. The van der Waals surface area contributed by atoms with E-state index in [0.29, 0.717) is 5.92 Å². The first-order valence-corrected chi connectivity index (χ1v) is 4.70. The second kappa shape index (κ2) is 2.72. The Morgan fingerprint density at radius 3 is 2.62 bits per heavy atom. The standard InChI is InChI=1S/C9H14N2O2/c1-6-2-4-9(5-3-6)7(12)11-8(10)13-9/h6H,2-5H2,1H3,(H2,10,11,12). The first kappa shape index (κ1) is 8.53. The fourth-order valence-corrected chi connectivity index (χ4v) is 2.01. The van der Waals surface area contributed by atoms with Gasteiger partial charge in [0.2, 0.25) is 0 Å². The van der Waals surface area contributed by atoms with Crippen molar-refractivity contribution in [3.63, 3.8) is 0 Å². The van der Waals surface area contributed by atoms with E-state index in [1.807, 2.05) is 0 Å². The maximum Gasteiger partial charge on any atom is 0.294 e. The van der Waals surface area contributed by atoms with Crippen molar-refractivity contribution in [3.8, 4) is 0 Å². The molecule has 1 aliphatic heterocycles. The van der Waals surface area contributed by atoms with Gasteiger partial charge in [0.1, 0.15) is 0 Å². The van der Waals surface area contributed by atoms with Crippen LogP contribution in [0.5, 0.6) is 0 Å². The van der Waals surface area contributed by atoms with Gasteiger partial charge in [0.25, 0.3) is 11.9 Å². The molecule has 0 unspecified atom stereocenters. The van der Waals surface area contributed by atoms with E-state index >= 15 is 0 Å². The Morgan fingerprint density at radius 1 is 1.54 bits per heavy atom. The number of aliphatic imine (C=N–C) groups is 1. The minimum Gasteiger partial charge on any atom is -0.448 e. The molecule has 0 bridgehead atoms. The molecule has 4 nitrogen and oxygen atoms in total. The quantitative estimate of drug-likeness (QED) is 0.602. The summed E-state index contributed by atoms with van der Waals surface area (Å²) >= 11 is 0. The highest BCUT2D eigenvalue weighted by atomic mass is 16.5. The normalized spacial score (nSPS) is 39.0. The van der Waals surface area contributed by atoms with Crippen LogP contribution in [0.4, 0.5) is 0 Å². The highest BCUT2D eigenvalue weighted by Crippen LogP contribution is 2.37. The molecular formula is C9H14N2O2. The molecule has 2 N–H and O–H groups in total. The lowest BCUT2D eigenvalue weighted by atomic mass is 9.79. The van der Waals surface area contributed by atoms with Crippen molar-refractivity contribution in [2.24, 2.45) is 16.6 Å². The lowest BCUT2D eigenvalue weighted by Gasteiger charge is -2.32. The van der Waals surface area contributed by atoms with Crippen molar-refractivity contribution in [1.82, 2.24) is 0 Å². The number of amides is 1. The van der Waals surface area contributed by atoms with E-state index in [0.717, 1.165) is 25.7 Å². The lowest BCUT2D eigenvalue weighted by molar-refractivity contribution is -0.134. The molecule has 1 saturated carbocycles. The van der Waals surface area contributed by atoms with E-state index in [9.17, 15) is 4.79 Å². The monoisotopic (exact) mass is 182 g/mol. The second-order valence-corrected chi connectivity index (χ2v) is 4.03. The predicted octanol–water partition coefficient (Wildman–Crippen LogP) is 0.807. The van der Waals surface area contributed by atoms with Crippen LogP contribution in [0.1, 0.15) is 32.6 Å². The highest BCUT2D eigenvalue weighted by molar-refractivity contribution is 6.00. The maximum atomic E-state index is 11.5. The number of carbonyl (C=O) groups excluding carboxylic acids is 1. The molecule has 0 atom stereocenters. The van der Waals surface area contributed by atoms with Crippen molar-refractivity contribution in [2.45, 2.75) is 38.2 Å². The van der Waals surface area contributed by atoms with Crippen LogP contribution in [-0.4, -0.2) is 17.5 Å². The van der Waals surface area contributed by atoms with Gasteiger partial charge in [-0.2, -0.15) is 4.99 Å². The molecule has 1 spiro atoms. The van der Waals surface area contributed by atoms with Crippen molar-refractivity contribution >= 4 is 11.9 Å². The van der Waals surface area contributed by atoms with Gasteiger partial charge in [0.15, 0.2) is 5.60 Å². The summed E-state index contributed by atoms with van der Waals surface area (Å²) in [4.78, 5) is 15.1. The third kappa shape index (κ3) is 1.30. The molecule has 0 aromatic heterocycles. The summed E-state index contributed by atoms with van der Waals surface area (Å²) in [5.41, 5.74) is 4.69. The van der Waals surface area contributed by atoms with Gasteiger partial charge < -0.3 is 10.5 Å². The number of carbonyl (C=O) groups is 1. The third-order valence-corrected chi connectivity index (χ3v) is 2.98. The van der Waals surface area contributed by atoms with Crippen LogP contribution in [0.2, 0.25) is 0 Å². The van der Waals surface area contributed by atoms with Gasteiger partial charge in [-0.05, 0) is 31.6 Å². The fourth-order valence-electron chi connectivity index (χ4n) is 2.01. The Bertz CT molecular complexity index is 265. The van der Waals surface area contributed by atoms with E-state index in [2.05, 4.69) is 11.9 Å². The lowest BCUT2D eigenvalue weighted by Crippen LogP contribution is -2.41.